The standard InChI is InChI=1S/C13H21N5/c14-16-11-3-4-15-12(9-11)10-17-5-7-18(8-6-17)13-1-2-13/h3-4,9,13H,1-2,5-8,10,14H2,(H,15,16). The molecule has 0 atom stereocenters. The van der Waals surface area contributed by atoms with Gasteiger partial charge in [-0.25, -0.2) is 0 Å². The second kappa shape index (κ2) is 5.22. The molecule has 0 spiro atoms. The van der Waals surface area contributed by atoms with E-state index in [2.05, 4.69) is 20.2 Å². The molecule has 2 fully saturated rings. The maximum atomic E-state index is 5.41. The number of piperazine rings is 1. The molecule has 3 rings (SSSR count). The van der Waals surface area contributed by atoms with Crippen LogP contribution in [-0.2, 0) is 6.54 Å². The molecular formula is C13H21N5. The molecule has 1 aromatic rings. The highest BCUT2D eigenvalue weighted by molar-refractivity contribution is 5.41. The molecule has 98 valence electrons. The first-order valence-corrected chi connectivity index (χ1v) is 6.73. The van der Waals surface area contributed by atoms with Crippen molar-refractivity contribution in [1.29, 1.82) is 0 Å². The van der Waals surface area contributed by atoms with Gasteiger partial charge in [-0.1, -0.05) is 0 Å². The van der Waals surface area contributed by atoms with Gasteiger partial charge < -0.3 is 5.43 Å². The summed E-state index contributed by atoms with van der Waals surface area (Å²) >= 11 is 0. The summed E-state index contributed by atoms with van der Waals surface area (Å²) in [6, 6.07) is 4.80. The first-order valence-electron chi connectivity index (χ1n) is 6.73. The van der Waals surface area contributed by atoms with Crippen LogP contribution in [0.3, 0.4) is 0 Å². The number of nitrogen functional groups attached to an aromatic ring is 1. The predicted octanol–water partition coefficient (Wildman–Crippen LogP) is 0.647. The molecule has 0 unspecified atom stereocenters. The Bertz CT molecular complexity index is 396. The van der Waals surface area contributed by atoms with E-state index in [0.29, 0.717) is 0 Å². The third kappa shape index (κ3) is 2.80. The monoisotopic (exact) mass is 247 g/mol. The van der Waals surface area contributed by atoms with E-state index in [4.69, 9.17) is 5.84 Å². The van der Waals surface area contributed by atoms with Crippen LogP contribution in [0.5, 0.6) is 0 Å². The SMILES string of the molecule is NNc1ccnc(CN2CCN(C3CC3)CC2)c1. The van der Waals surface area contributed by atoms with Crippen LogP contribution in [-0.4, -0.2) is 47.0 Å². The van der Waals surface area contributed by atoms with E-state index in [0.717, 1.165) is 37.1 Å². The van der Waals surface area contributed by atoms with Crippen molar-refractivity contribution in [3.05, 3.63) is 24.0 Å². The Morgan fingerprint density at radius 2 is 2.06 bits per heavy atom. The lowest BCUT2D eigenvalue weighted by Crippen LogP contribution is -2.46. The van der Waals surface area contributed by atoms with Crippen molar-refractivity contribution >= 4 is 5.69 Å². The molecule has 18 heavy (non-hydrogen) atoms. The summed E-state index contributed by atoms with van der Waals surface area (Å²) in [5.74, 6) is 5.41. The van der Waals surface area contributed by atoms with Crippen LogP contribution in [0, 0.1) is 0 Å². The van der Waals surface area contributed by atoms with E-state index in [-0.39, 0.29) is 0 Å². The van der Waals surface area contributed by atoms with Gasteiger partial charge in [0.2, 0.25) is 0 Å². The Balaban J connectivity index is 1.53. The maximum Gasteiger partial charge on any atom is 0.0564 e. The van der Waals surface area contributed by atoms with E-state index < -0.39 is 0 Å². The van der Waals surface area contributed by atoms with Crippen molar-refractivity contribution in [3.8, 4) is 0 Å². The average molecular weight is 247 g/mol. The molecule has 5 heteroatoms. The molecule has 0 bridgehead atoms. The van der Waals surface area contributed by atoms with Gasteiger partial charge in [0.05, 0.1) is 11.4 Å². The van der Waals surface area contributed by atoms with Crippen molar-refractivity contribution in [2.45, 2.75) is 25.4 Å². The lowest BCUT2D eigenvalue weighted by Gasteiger charge is -2.34. The summed E-state index contributed by atoms with van der Waals surface area (Å²) in [4.78, 5) is 9.50. The number of nitrogens with two attached hydrogens (primary N) is 1. The number of nitrogens with zero attached hydrogens (tertiary/aromatic N) is 3. The summed E-state index contributed by atoms with van der Waals surface area (Å²) in [6.07, 6.45) is 4.63. The van der Waals surface area contributed by atoms with Crippen LogP contribution in [0.2, 0.25) is 0 Å². The largest absolute Gasteiger partial charge is 0.324 e. The molecule has 0 aromatic carbocycles. The van der Waals surface area contributed by atoms with Crippen molar-refractivity contribution in [1.82, 2.24) is 14.8 Å². The second-order valence-corrected chi connectivity index (χ2v) is 5.22. The Morgan fingerprint density at radius 3 is 2.72 bits per heavy atom. The Morgan fingerprint density at radius 1 is 1.28 bits per heavy atom. The molecule has 1 aliphatic heterocycles. The topological polar surface area (TPSA) is 57.4 Å². The fourth-order valence-corrected chi connectivity index (χ4v) is 2.61. The fraction of sp³-hybridized carbons (Fsp3) is 0.615. The molecule has 2 aliphatic rings. The maximum absolute atomic E-state index is 5.41. The van der Waals surface area contributed by atoms with Crippen LogP contribution < -0.4 is 11.3 Å². The smallest absolute Gasteiger partial charge is 0.0564 e. The molecular weight excluding hydrogens is 226 g/mol. The molecule has 3 N–H and O–H groups in total. The first kappa shape index (κ1) is 11.9. The first-order chi connectivity index (χ1) is 8.85. The van der Waals surface area contributed by atoms with E-state index in [1.807, 2.05) is 18.3 Å². The number of hydrazine groups is 1. The van der Waals surface area contributed by atoms with Gasteiger partial charge in [-0.15, -0.1) is 0 Å². The molecule has 1 aliphatic carbocycles. The van der Waals surface area contributed by atoms with Crippen molar-refractivity contribution in [3.63, 3.8) is 0 Å². The molecule has 2 heterocycles. The number of aromatic nitrogens is 1. The lowest BCUT2D eigenvalue weighted by molar-refractivity contribution is 0.120. The lowest BCUT2D eigenvalue weighted by atomic mass is 10.2. The van der Waals surface area contributed by atoms with Gasteiger partial charge in [0.1, 0.15) is 0 Å². The summed E-state index contributed by atoms with van der Waals surface area (Å²) < 4.78 is 0. The normalized spacial score (nSPS) is 22.1. The van der Waals surface area contributed by atoms with Crippen molar-refractivity contribution in [2.24, 2.45) is 5.84 Å². The third-order valence-corrected chi connectivity index (χ3v) is 3.84. The number of nitrogens with one attached hydrogen (secondary N) is 1. The van der Waals surface area contributed by atoms with Crippen LogP contribution in [0.4, 0.5) is 5.69 Å². The molecule has 5 nitrogen and oxygen atoms in total. The van der Waals surface area contributed by atoms with Gasteiger partial charge in [-0.3, -0.25) is 20.6 Å². The Hall–Kier alpha value is -1.17. The highest BCUT2D eigenvalue weighted by Gasteiger charge is 2.31. The van der Waals surface area contributed by atoms with Gasteiger partial charge in [0, 0.05) is 45.0 Å². The molecule has 1 aromatic heterocycles. The van der Waals surface area contributed by atoms with Gasteiger partial charge >= 0.3 is 0 Å². The Labute approximate surface area is 108 Å². The van der Waals surface area contributed by atoms with E-state index >= 15 is 0 Å². The second-order valence-electron chi connectivity index (χ2n) is 5.22. The molecule has 0 amide bonds. The van der Waals surface area contributed by atoms with Crippen LogP contribution in [0.25, 0.3) is 0 Å². The minimum atomic E-state index is 0.898. The van der Waals surface area contributed by atoms with Crippen LogP contribution in [0.1, 0.15) is 18.5 Å². The average Bonchev–Trinajstić information content (AvgIpc) is 3.24. The van der Waals surface area contributed by atoms with E-state index in [9.17, 15) is 0 Å². The summed E-state index contributed by atoms with van der Waals surface area (Å²) in [6.45, 7) is 5.64. The number of hydrogen-bond acceptors (Lipinski definition) is 5. The zero-order chi connectivity index (χ0) is 12.4. The van der Waals surface area contributed by atoms with Crippen molar-refractivity contribution in [2.75, 3.05) is 31.6 Å². The quantitative estimate of drug-likeness (QED) is 0.604. The van der Waals surface area contributed by atoms with Gasteiger partial charge in [-0.05, 0) is 25.0 Å². The van der Waals surface area contributed by atoms with Gasteiger partial charge in [0.25, 0.3) is 0 Å². The van der Waals surface area contributed by atoms with Gasteiger partial charge in [0.15, 0.2) is 0 Å². The van der Waals surface area contributed by atoms with E-state index in [1.54, 1.807) is 0 Å². The number of rotatable bonds is 4. The minimum absolute atomic E-state index is 0.898. The summed E-state index contributed by atoms with van der Waals surface area (Å²) in [7, 11) is 0. The third-order valence-electron chi connectivity index (χ3n) is 3.84. The van der Waals surface area contributed by atoms with Crippen molar-refractivity contribution < 1.29 is 0 Å². The van der Waals surface area contributed by atoms with Gasteiger partial charge in [-0.2, -0.15) is 0 Å². The Kier molecular flexibility index (Phi) is 3.45. The van der Waals surface area contributed by atoms with Crippen LogP contribution >= 0.6 is 0 Å². The molecule has 0 radical (unpaired) electrons. The zero-order valence-electron chi connectivity index (χ0n) is 10.7. The number of hydrogen-bond donors (Lipinski definition) is 2. The molecule has 1 saturated carbocycles. The predicted molar refractivity (Wildman–Crippen MR) is 71.9 cm³/mol. The molecule has 1 saturated heterocycles. The number of anilines is 1. The zero-order valence-corrected chi connectivity index (χ0v) is 10.7. The number of pyridine rings is 1. The van der Waals surface area contributed by atoms with Crippen LogP contribution in [0.15, 0.2) is 18.3 Å². The highest BCUT2D eigenvalue weighted by atomic mass is 15.3. The van der Waals surface area contributed by atoms with E-state index in [1.165, 1.54) is 25.9 Å². The summed E-state index contributed by atoms with van der Waals surface area (Å²) in [5.41, 5.74) is 4.68. The fourth-order valence-electron chi connectivity index (χ4n) is 2.61. The summed E-state index contributed by atoms with van der Waals surface area (Å²) in [5, 5.41) is 0. The highest BCUT2D eigenvalue weighted by Crippen LogP contribution is 2.27. The minimum Gasteiger partial charge on any atom is -0.324 e.